The van der Waals surface area contributed by atoms with Gasteiger partial charge in [0.25, 0.3) is 0 Å². The maximum Gasteiger partial charge on any atom is 0.148 e. The Balaban J connectivity index is 2.12. The molecule has 3 atom stereocenters. The van der Waals surface area contributed by atoms with Crippen LogP contribution in [0, 0.1) is 0 Å². The van der Waals surface area contributed by atoms with Crippen LogP contribution in [-0.2, 0) is 4.79 Å². The molecule has 3 nitrogen and oxygen atoms in total. The minimum Gasteiger partial charge on any atom is -0.305 e. The van der Waals surface area contributed by atoms with Gasteiger partial charge in [0, 0.05) is 18.6 Å². The SMILES string of the molecule is CC(=O)C1C2NC2CN1C. The van der Waals surface area contributed by atoms with Gasteiger partial charge in [-0.2, -0.15) is 0 Å². The fourth-order valence-corrected chi connectivity index (χ4v) is 1.93. The number of nitrogens with one attached hydrogen (secondary N) is 1. The highest BCUT2D eigenvalue weighted by Gasteiger charge is 2.52. The summed E-state index contributed by atoms with van der Waals surface area (Å²) in [6, 6.07) is 1.24. The summed E-state index contributed by atoms with van der Waals surface area (Å²) in [6.45, 7) is 2.71. The van der Waals surface area contributed by atoms with Crippen molar-refractivity contribution < 1.29 is 4.79 Å². The highest BCUT2D eigenvalue weighted by atomic mass is 16.1. The van der Waals surface area contributed by atoms with E-state index in [1.54, 1.807) is 6.92 Å². The molecule has 0 aromatic carbocycles. The topological polar surface area (TPSA) is 42.3 Å². The monoisotopic (exact) mass is 140 g/mol. The predicted octanol–water partition coefficient (Wildman–Crippen LogP) is -0.770. The second-order valence-corrected chi connectivity index (χ2v) is 3.29. The zero-order chi connectivity index (χ0) is 7.30. The van der Waals surface area contributed by atoms with Crippen LogP contribution in [0.15, 0.2) is 0 Å². The Morgan fingerprint density at radius 3 is 2.70 bits per heavy atom. The van der Waals surface area contributed by atoms with Gasteiger partial charge in [0.1, 0.15) is 5.78 Å². The highest BCUT2D eigenvalue weighted by molar-refractivity contribution is 5.83. The number of hydrogen-bond donors (Lipinski definition) is 1. The smallest absolute Gasteiger partial charge is 0.148 e. The molecule has 0 aliphatic carbocycles. The van der Waals surface area contributed by atoms with E-state index in [0.29, 0.717) is 17.9 Å². The lowest BCUT2D eigenvalue weighted by Crippen LogP contribution is -2.39. The maximum absolute atomic E-state index is 11.0. The van der Waals surface area contributed by atoms with Crippen LogP contribution in [0.25, 0.3) is 0 Å². The summed E-state index contributed by atoms with van der Waals surface area (Å²) in [7, 11) is 2.01. The quantitative estimate of drug-likeness (QED) is 0.486. The molecule has 2 saturated heterocycles. The van der Waals surface area contributed by atoms with Crippen LogP contribution >= 0.6 is 0 Å². The Labute approximate surface area is 60.4 Å². The van der Waals surface area contributed by atoms with E-state index >= 15 is 0 Å². The average molecular weight is 140 g/mol. The highest BCUT2D eigenvalue weighted by Crippen LogP contribution is 2.27. The van der Waals surface area contributed by atoms with Crippen molar-refractivity contribution in [1.82, 2.24) is 10.2 Å². The van der Waals surface area contributed by atoms with E-state index in [1.165, 1.54) is 0 Å². The molecule has 2 aliphatic heterocycles. The predicted molar refractivity (Wildman–Crippen MR) is 37.8 cm³/mol. The molecule has 0 spiro atoms. The third-order valence-electron chi connectivity index (χ3n) is 2.45. The van der Waals surface area contributed by atoms with E-state index in [9.17, 15) is 4.79 Å². The van der Waals surface area contributed by atoms with Crippen molar-refractivity contribution in [2.45, 2.75) is 25.0 Å². The number of likely N-dealkylation sites (N-methyl/N-ethyl adjacent to an activating group) is 1. The van der Waals surface area contributed by atoms with Gasteiger partial charge in [0.15, 0.2) is 0 Å². The molecule has 0 aromatic heterocycles. The minimum absolute atomic E-state index is 0.157. The summed E-state index contributed by atoms with van der Waals surface area (Å²) in [4.78, 5) is 13.1. The van der Waals surface area contributed by atoms with Crippen LogP contribution in [0.2, 0.25) is 0 Å². The summed E-state index contributed by atoms with van der Waals surface area (Å²) < 4.78 is 0. The molecule has 3 heteroatoms. The van der Waals surface area contributed by atoms with Crippen molar-refractivity contribution in [3.8, 4) is 0 Å². The molecule has 0 aromatic rings. The fraction of sp³-hybridized carbons (Fsp3) is 0.857. The number of piperazine rings is 1. The van der Waals surface area contributed by atoms with Crippen LogP contribution in [0.3, 0.4) is 0 Å². The molecule has 0 amide bonds. The van der Waals surface area contributed by atoms with Gasteiger partial charge in [-0.1, -0.05) is 0 Å². The largest absolute Gasteiger partial charge is 0.305 e. The number of hydrogen-bond acceptors (Lipinski definition) is 3. The van der Waals surface area contributed by atoms with Gasteiger partial charge in [-0.15, -0.1) is 0 Å². The molecule has 0 bridgehead atoms. The van der Waals surface area contributed by atoms with Crippen LogP contribution in [-0.4, -0.2) is 42.4 Å². The number of Topliss-reactive ketones (excluding diaryl/α,β-unsaturated/α-hetero) is 1. The lowest BCUT2D eigenvalue weighted by atomic mass is 10.1. The fourth-order valence-electron chi connectivity index (χ4n) is 1.93. The number of likely N-dealkylation sites (tertiary alicyclic amines) is 1. The molecular weight excluding hydrogens is 128 g/mol. The van der Waals surface area contributed by atoms with Crippen molar-refractivity contribution >= 4 is 5.78 Å². The normalized spacial score (nSPS) is 45.2. The van der Waals surface area contributed by atoms with Gasteiger partial charge < -0.3 is 5.32 Å². The molecule has 2 aliphatic rings. The molecule has 10 heavy (non-hydrogen) atoms. The Morgan fingerprint density at radius 2 is 2.40 bits per heavy atom. The number of carbonyl (C=O) groups is 1. The molecule has 56 valence electrons. The van der Waals surface area contributed by atoms with Crippen LogP contribution in [0.4, 0.5) is 0 Å². The van der Waals surface area contributed by atoms with Gasteiger partial charge in [-0.3, -0.25) is 9.69 Å². The maximum atomic E-state index is 11.0. The summed E-state index contributed by atoms with van der Waals surface area (Å²) in [6.07, 6.45) is 0. The summed E-state index contributed by atoms with van der Waals surface area (Å²) in [5.74, 6) is 0.292. The molecule has 0 saturated carbocycles. The minimum atomic E-state index is 0.157. The van der Waals surface area contributed by atoms with E-state index in [0.717, 1.165) is 6.54 Å². The Bertz CT molecular complexity index is 178. The first-order valence-corrected chi connectivity index (χ1v) is 3.67. The van der Waals surface area contributed by atoms with Crippen LogP contribution in [0.1, 0.15) is 6.92 Å². The van der Waals surface area contributed by atoms with Crippen LogP contribution in [0.5, 0.6) is 0 Å². The third-order valence-corrected chi connectivity index (χ3v) is 2.45. The Kier molecular flexibility index (Phi) is 1.13. The standard InChI is InChI=1S/C7H12N2O/c1-4(10)7-6-5(8-6)3-9(7)2/h5-8H,3H2,1-2H3. The summed E-state index contributed by atoms with van der Waals surface area (Å²) in [5, 5.41) is 3.27. The first kappa shape index (κ1) is 6.31. The number of ketones is 1. The zero-order valence-electron chi connectivity index (χ0n) is 6.29. The number of fused-ring (bicyclic) bond motifs is 1. The van der Waals surface area contributed by atoms with Gasteiger partial charge >= 0.3 is 0 Å². The van der Waals surface area contributed by atoms with Crippen LogP contribution < -0.4 is 5.32 Å². The van der Waals surface area contributed by atoms with Gasteiger partial charge in [-0.05, 0) is 14.0 Å². The number of nitrogens with zero attached hydrogens (tertiary/aromatic N) is 1. The second-order valence-electron chi connectivity index (χ2n) is 3.29. The summed E-state index contributed by atoms with van der Waals surface area (Å²) in [5.41, 5.74) is 0. The first-order chi connectivity index (χ1) is 4.70. The van der Waals surface area contributed by atoms with E-state index in [1.807, 2.05) is 7.05 Å². The van der Waals surface area contributed by atoms with Gasteiger partial charge in [0.05, 0.1) is 6.04 Å². The zero-order valence-corrected chi connectivity index (χ0v) is 6.29. The molecule has 3 unspecified atom stereocenters. The lowest BCUT2D eigenvalue weighted by Gasteiger charge is -2.18. The molecule has 2 heterocycles. The Morgan fingerprint density at radius 1 is 1.70 bits per heavy atom. The van der Waals surface area contributed by atoms with E-state index in [2.05, 4.69) is 10.2 Å². The molecule has 2 rings (SSSR count). The van der Waals surface area contributed by atoms with Crippen molar-refractivity contribution in [2.75, 3.05) is 13.6 Å². The molecule has 1 N–H and O–H groups in total. The van der Waals surface area contributed by atoms with Crippen molar-refractivity contribution in [2.24, 2.45) is 0 Å². The third kappa shape index (κ3) is 0.707. The molecule has 0 radical (unpaired) electrons. The van der Waals surface area contributed by atoms with E-state index in [4.69, 9.17) is 0 Å². The average Bonchev–Trinajstić information content (AvgIpc) is 2.42. The number of rotatable bonds is 1. The van der Waals surface area contributed by atoms with Crippen molar-refractivity contribution in [3.05, 3.63) is 0 Å². The molecule has 2 fully saturated rings. The second kappa shape index (κ2) is 1.80. The van der Waals surface area contributed by atoms with Crippen molar-refractivity contribution in [3.63, 3.8) is 0 Å². The number of carbonyl (C=O) groups excluding carboxylic acids is 1. The molecular formula is C7H12N2O. The van der Waals surface area contributed by atoms with Crippen molar-refractivity contribution in [1.29, 1.82) is 0 Å². The lowest BCUT2D eigenvalue weighted by molar-refractivity contribution is -0.121. The van der Waals surface area contributed by atoms with Gasteiger partial charge in [0.2, 0.25) is 0 Å². The van der Waals surface area contributed by atoms with E-state index < -0.39 is 0 Å². The van der Waals surface area contributed by atoms with E-state index in [-0.39, 0.29) is 6.04 Å². The van der Waals surface area contributed by atoms with Gasteiger partial charge in [-0.25, -0.2) is 0 Å². The summed E-state index contributed by atoms with van der Waals surface area (Å²) >= 11 is 0. The Hall–Kier alpha value is -0.410. The first-order valence-electron chi connectivity index (χ1n) is 3.67.